The number of fused-ring (bicyclic) bond motifs is 1. The predicted octanol–water partition coefficient (Wildman–Crippen LogP) is 3.59. The van der Waals surface area contributed by atoms with E-state index in [0.29, 0.717) is 6.54 Å². The van der Waals surface area contributed by atoms with Gasteiger partial charge in [-0.25, -0.2) is 9.67 Å². The number of aromatic nitrogens is 5. The molecule has 0 radical (unpaired) electrons. The first-order valence-corrected chi connectivity index (χ1v) is 10.1. The van der Waals surface area contributed by atoms with Crippen LogP contribution in [-0.2, 0) is 24.4 Å². The summed E-state index contributed by atoms with van der Waals surface area (Å²) in [6, 6.07) is 12.3. The Balaban J connectivity index is 1.62. The Kier molecular flexibility index (Phi) is 5.35. The Morgan fingerprint density at radius 1 is 1.10 bits per heavy atom. The molecule has 0 N–H and O–H groups in total. The largest absolute Gasteiger partial charge is 0.338 e. The molecule has 4 aromatic rings. The minimum absolute atomic E-state index is 0.0222. The Labute approximate surface area is 176 Å². The number of carbonyl (C=O) groups is 1. The minimum atomic E-state index is -0.0222. The fourth-order valence-electron chi connectivity index (χ4n) is 3.80. The Morgan fingerprint density at radius 2 is 1.93 bits per heavy atom. The second-order valence-corrected chi connectivity index (χ2v) is 7.56. The number of pyridine rings is 1. The lowest BCUT2D eigenvalue weighted by Gasteiger charge is -2.18. The second kappa shape index (κ2) is 8.10. The fraction of sp³-hybridized carbons (Fsp3) is 0.304. The SMILES string of the molecule is CCn1nccc1CN(C)C(=O)Cn1nc(C)c2c(-c3cccc(C)c3)ccnc21. The van der Waals surface area contributed by atoms with Crippen LogP contribution in [0.15, 0.2) is 48.8 Å². The average molecular weight is 403 g/mol. The topological polar surface area (TPSA) is 68.8 Å². The van der Waals surface area contributed by atoms with Gasteiger partial charge in [-0.1, -0.05) is 29.8 Å². The number of aryl methyl sites for hydroxylation is 3. The Morgan fingerprint density at radius 3 is 2.70 bits per heavy atom. The molecule has 4 rings (SSSR count). The molecule has 0 saturated carbocycles. The van der Waals surface area contributed by atoms with E-state index in [0.717, 1.165) is 40.1 Å². The van der Waals surface area contributed by atoms with Crippen LogP contribution in [0.1, 0.15) is 23.9 Å². The number of carbonyl (C=O) groups excluding carboxylic acids is 1. The number of rotatable bonds is 6. The van der Waals surface area contributed by atoms with Crippen LogP contribution in [-0.4, -0.2) is 42.4 Å². The van der Waals surface area contributed by atoms with Gasteiger partial charge < -0.3 is 4.90 Å². The molecular formula is C23H26N6O. The van der Waals surface area contributed by atoms with Crippen LogP contribution in [0, 0.1) is 13.8 Å². The monoisotopic (exact) mass is 402 g/mol. The summed E-state index contributed by atoms with van der Waals surface area (Å²) in [4.78, 5) is 19.1. The van der Waals surface area contributed by atoms with Crippen LogP contribution >= 0.6 is 0 Å². The molecule has 154 valence electrons. The van der Waals surface area contributed by atoms with Gasteiger partial charge in [0.25, 0.3) is 0 Å². The molecule has 0 saturated heterocycles. The number of hydrogen-bond acceptors (Lipinski definition) is 4. The van der Waals surface area contributed by atoms with E-state index in [9.17, 15) is 4.79 Å². The van der Waals surface area contributed by atoms with Crippen molar-refractivity contribution in [1.29, 1.82) is 0 Å². The first kappa shape index (κ1) is 19.8. The number of likely N-dealkylation sites (N-methyl/N-ethyl adjacent to an activating group) is 1. The van der Waals surface area contributed by atoms with Gasteiger partial charge in [0, 0.05) is 31.4 Å². The summed E-state index contributed by atoms with van der Waals surface area (Å²) < 4.78 is 3.60. The molecule has 3 heterocycles. The van der Waals surface area contributed by atoms with Gasteiger partial charge in [0.2, 0.25) is 5.91 Å². The van der Waals surface area contributed by atoms with Crippen molar-refractivity contribution in [2.45, 2.75) is 40.4 Å². The zero-order chi connectivity index (χ0) is 21.3. The van der Waals surface area contributed by atoms with Crippen molar-refractivity contribution in [3.8, 4) is 11.1 Å². The zero-order valence-electron chi connectivity index (χ0n) is 17.8. The first-order chi connectivity index (χ1) is 14.5. The van der Waals surface area contributed by atoms with Crippen LogP contribution in [0.25, 0.3) is 22.2 Å². The third kappa shape index (κ3) is 3.70. The summed E-state index contributed by atoms with van der Waals surface area (Å²) in [5.41, 5.74) is 6.02. The zero-order valence-corrected chi connectivity index (χ0v) is 17.8. The molecule has 1 aromatic carbocycles. The van der Waals surface area contributed by atoms with Gasteiger partial charge in [-0.05, 0) is 44.0 Å². The molecular weight excluding hydrogens is 376 g/mol. The van der Waals surface area contributed by atoms with Gasteiger partial charge in [0.1, 0.15) is 6.54 Å². The lowest BCUT2D eigenvalue weighted by Crippen LogP contribution is -2.31. The van der Waals surface area contributed by atoms with Crippen LogP contribution < -0.4 is 0 Å². The molecule has 0 bridgehead atoms. The molecule has 0 aliphatic rings. The maximum atomic E-state index is 12.9. The van der Waals surface area contributed by atoms with Gasteiger partial charge in [-0.3, -0.25) is 9.48 Å². The van der Waals surface area contributed by atoms with E-state index in [2.05, 4.69) is 46.4 Å². The van der Waals surface area contributed by atoms with Crippen molar-refractivity contribution >= 4 is 16.9 Å². The van der Waals surface area contributed by atoms with Crippen molar-refractivity contribution in [3.05, 3.63) is 65.7 Å². The van der Waals surface area contributed by atoms with E-state index < -0.39 is 0 Å². The van der Waals surface area contributed by atoms with E-state index in [1.165, 1.54) is 5.56 Å². The molecule has 0 atom stereocenters. The Hall–Kier alpha value is -3.48. The smallest absolute Gasteiger partial charge is 0.244 e. The van der Waals surface area contributed by atoms with Crippen molar-refractivity contribution < 1.29 is 4.79 Å². The highest BCUT2D eigenvalue weighted by molar-refractivity contribution is 5.95. The average Bonchev–Trinajstić information content (AvgIpc) is 3.32. The van der Waals surface area contributed by atoms with Crippen molar-refractivity contribution in [2.24, 2.45) is 0 Å². The molecule has 30 heavy (non-hydrogen) atoms. The van der Waals surface area contributed by atoms with E-state index in [4.69, 9.17) is 0 Å². The van der Waals surface area contributed by atoms with Crippen molar-refractivity contribution in [3.63, 3.8) is 0 Å². The van der Waals surface area contributed by atoms with Crippen molar-refractivity contribution in [1.82, 2.24) is 29.4 Å². The molecule has 0 unspecified atom stereocenters. The number of amides is 1. The molecule has 0 spiro atoms. The van der Waals surface area contributed by atoms with E-state index in [-0.39, 0.29) is 12.5 Å². The van der Waals surface area contributed by atoms with Crippen LogP contribution in [0.5, 0.6) is 0 Å². The number of nitrogens with zero attached hydrogens (tertiary/aromatic N) is 6. The highest BCUT2D eigenvalue weighted by Gasteiger charge is 2.18. The highest BCUT2D eigenvalue weighted by Crippen LogP contribution is 2.30. The van der Waals surface area contributed by atoms with Gasteiger partial charge in [0.15, 0.2) is 5.65 Å². The van der Waals surface area contributed by atoms with E-state index in [1.54, 1.807) is 29.0 Å². The van der Waals surface area contributed by atoms with Crippen LogP contribution in [0.3, 0.4) is 0 Å². The summed E-state index contributed by atoms with van der Waals surface area (Å²) in [7, 11) is 1.81. The Bertz CT molecular complexity index is 1210. The molecule has 0 aliphatic carbocycles. The summed E-state index contributed by atoms with van der Waals surface area (Å²) in [5.74, 6) is -0.0222. The standard InChI is InChI=1S/C23H26N6O/c1-5-28-19(9-12-25-28)14-27(4)21(30)15-29-23-22(17(3)26-29)20(10-11-24-23)18-8-6-7-16(2)13-18/h6-13H,5,14-15H2,1-4H3. The quantitative estimate of drug-likeness (QED) is 0.494. The minimum Gasteiger partial charge on any atom is -0.338 e. The summed E-state index contributed by atoms with van der Waals surface area (Å²) in [6.45, 7) is 7.51. The van der Waals surface area contributed by atoms with Gasteiger partial charge in [-0.15, -0.1) is 0 Å². The second-order valence-electron chi connectivity index (χ2n) is 7.56. The first-order valence-electron chi connectivity index (χ1n) is 10.1. The summed E-state index contributed by atoms with van der Waals surface area (Å²) >= 11 is 0. The van der Waals surface area contributed by atoms with E-state index in [1.807, 2.05) is 30.7 Å². The molecule has 7 nitrogen and oxygen atoms in total. The summed E-state index contributed by atoms with van der Waals surface area (Å²) in [5, 5.41) is 9.90. The highest BCUT2D eigenvalue weighted by atomic mass is 16.2. The molecule has 0 fully saturated rings. The van der Waals surface area contributed by atoms with Gasteiger partial charge in [0.05, 0.1) is 17.9 Å². The maximum Gasteiger partial charge on any atom is 0.244 e. The molecule has 1 amide bonds. The normalized spacial score (nSPS) is 11.2. The summed E-state index contributed by atoms with van der Waals surface area (Å²) in [6.07, 6.45) is 3.55. The van der Waals surface area contributed by atoms with Gasteiger partial charge >= 0.3 is 0 Å². The maximum absolute atomic E-state index is 12.9. The van der Waals surface area contributed by atoms with Crippen LogP contribution in [0.2, 0.25) is 0 Å². The van der Waals surface area contributed by atoms with Gasteiger partial charge in [-0.2, -0.15) is 10.2 Å². The molecule has 3 aromatic heterocycles. The molecule has 0 aliphatic heterocycles. The third-order valence-corrected chi connectivity index (χ3v) is 5.35. The van der Waals surface area contributed by atoms with Crippen molar-refractivity contribution in [2.75, 3.05) is 7.05 Å². The fourth-order valence-corrected chi connectivity index (χ4v) is 3.80. The van der Waals surface area contributed by atoms with Crippen LogP contribution in [0.4, 0.5) is 0 Å². The lowest BCUT2D eigenvalue weighted by atomic mass is 10.0. The number of benzene rings is 1. The third-order valence-electron chi connectivity index (χ3n) is 5.35. The molecule has 7 heteroatoms. The lowest BCUT2D eigenvalue weighted by molar-refractivity contribution is -0.131. The predicted molar refractivity (Wildman–Crippen MR) is 117 cm³/mol. The van der Waals surface area contributed by atoms with E-state index >= 15 is 0 Å². The number of hydrogen-bond donors (Lipinski definition) is 0.